The number of ketones is 1. The van der Waals surface area contributed by atoms with Gasteiger partial charge in [-0.3, -0.25) is 4.79 Å². The molecule has 2 rings (SSSR count). The normalized spacial score (nSPS) is 11.1. The number of nitrogens with zero attached hydrogens (tertiary/aromatic N) is 1. The Labute approximate surface area is 171 Å². The number of hydrogen-bond donors (Lipinski definition) is 2. The van der Waals surface area contributed by atoms with Crippen LogP contribution < -0.4 is 0 Å². The number of aliphatic hydroxyl groups is 1. The van der Waals surface area contributed by atoms with Crippen molar-refractivity contribution in [2.24, 2.45) is 5.16 Å². The van der Waals surface area contributed by atoms with Gasteiger partial charge in [-0.15, -0.1) is 0 Å². The minimum atomic E-state index is -0.639. The van der Waals surface area contributed by atoms with Gasteiger partial charge in [0.1, 0.15) is 18.1 Å². The van der Waals surface area contributed by atoms with Crippen LogP contribution in [-0.4, -0.2) is 46.9 Å². The number of Topliss-reactive ketones (excluding diaryl/α,β-unsaturated/α-hetero) is 1. The fraction of sp³-hybridized carbons (Fsp3) is 0.200. The number of rotatable bonds is 8. The van der Waals surface area contributed by atoms with E-state index in [1.165, 1.54) is 37.7 Å². The van der Waals surface area contributed by atoms with Gasteiger partial charge >= 0.3 is 11.9 Å². The van der Waals surface area contributed by atoms with Crippen molar-refractivity contribution in [3.63, 3.8) is 0 Å². The van der Waals surface area contributed by atoms with E-state index in [2.05, 4.69) is 9.99 Å². The number of oxime groups is 1. The maximum atomic E-state index is 12.2. The van der Waals surface area contributed by atoms with Gasteiger partial charge < -0.3 is 19.8 Å². The first kappa shape index (κ1) is 22.1. The van der Waals surface area contributed by atoms with Gasteiger partial charge in [0.25, 0.3) is 0 Å². The molecule has 0 saturated heterocycles. The molecule has 0 aliphatic heterocycles. The molecule has 152 valence electrons. The molecule has 0 atom stereocenters. The standard InChI is InChI=1S/C20H19NO7S/c1-12(21-28-13(2)23)19(25)14-3-6-16(7-4-14)29-18-8-5-15(11-17(18)24)20(26)27-10-9-22/h3-8,11,22,24H,9-10H2,1-2H3. The first-order chi connectivity index (χ1) is 13.8. The fourth-order valence-corrected chi connectivity index (χ4v) is 2.96. The molecule has 0 aliphatic carbocycles. The molecule has 0 bridgehead atoms. The van der Waals surface area contributed by atoms with Crippen molar-refractivity contribution in [3.05, 3.63) is 53.6 Å². The summed E-state index contributed by atoms with van der Waals surface area (Å²) >= 11 is 1.24. The summed E-state index contributed by atoms with van der Waals surface area (Å²) in [6, 6.07) is 10.9. The van der Waals surface area contributed by atoms with Crippen LogP contribution in [0, 0.1) is 0 Å². The Kier molecular flexibility index (Phi) is 7.93. The van der Waals surface area contributed by atoms with Gasteiger partial charge in [-0.05, 0) is 49.4 Å². The van der Waals surface area contributed by atoms with E-state index in [0.717, 1.165) is 4.90 Å². The molecule has 2 aromatic rings. The quantitative estimate of drug-likeness (QED) is 0.221. The number of benzene rings is 2. The molecule has 0 aliphatic rings. The predicted octanol–water partition coefficient (Wildman–Crippen LogP) is 2.81. The smallest absolute Gasteiger partial charge is 0.338 e. The highest BCUT2D eigenvalue weighted by atomic mass is 32.2. The van der Waals surface area contributed by atoms with Crippen LogP contribution in [0.25, 0.3) is 0 Å². The van der Waals surface area contributed by atoms with Crippen molar-refractivity contribution in [2.45, 2.75) is 23.6 Å². The van der Waals surface area contributed by atoms with Crippen molar-refractivity contribution in [3.8, 4) is 5.75 Å². The summed E-state index contributed by atoms with van der Waals surface area (Å²) in [7, 11) is 0. The number of hydrogen-bond acceptors (Lipinski definition) is 9. The van der Waals surface area contributed by atoms with Gasteiger partial charge in [0.2, 0.25) is 5.78 Å². The van der Waals surface area contributed by atoms with Crippen molar-refractivity contribution in [1.29, 1.82) is 0 Å². The molecule has 0 saturated carbocycles. The predicted molar refractivity (Wildman–Crippen MR) is 105 cm³/mol. The molecule has 8 nitrogen and oxygen atoms in total. The van der Waals surface area contributed by atoms with Gasteiger partial charge in [0, 0.05) is 17.4 Å². The van der Waals surface area contributed by atoms with Crippen LogP contribution in [0.1, 0.15) is 34.6 Å². The van der Waals surface area contributed by atoms with E-state index in [-0.39, 0.29) is 36.0 Å². The largest absolute Gasteiger partial charge is 0.507 e. The van der Waals surface area contributed by atoms with Crippen LogP contribution in [-0.2, 0) is 14.4 Å². The number of ether oxygens (including phenoxy) is 1. The number of aliphatic hydroxyl groups excluding tert-OH is 1. The molecule has 0 unspecified atom stereocenters. The lowest BCUT2D eigenvalue weighted by Crippen LogP contribution is -2.11. The zero-order valence-corrected chi connectivity index (χ0v) is 16.6. The molecule has 0 amide bonds. The fourth-order valence-electron chi connectivity index (χ4n) is 2.14. The molecule has 9 heteroatoms. The van der Waals surface area contributed by atoms with E-state index in [1.807, 2.05) is 0 Å². The third-order valence-corrected chi connectivity index (χ3v) is 4.58. The Balaban J connectivity index is 2.08. The van der Waals surface area contributed by atoms with Gasteiger partial charge in [0.05, 0.1) is 17.1 Å². The van der Waals surface area contributed by atoms with Gasteiger partial charge in [-0.2, -0.15) is 0 Å². The number of phenols is 1. The molecule has 0 fully saturated rings. The van der Waals surface area contributed by atoms with Crippen molar-refractivity contribution < 1.29 is 34.2 Å². The Morgan fingerprint density at radius 2 is 1.69 bits per heavy atom. The first-order valence-corrected chi connectivity index (χ1v) is 9.29. The number of esters is 1. The lowest BCUT2D eigenvalue weighted by atomic mass is 10.1. The minimum Gasteiger partial charge on any atom is -0.507 e. The summed E-state index contributed by atoms with van der Waals surface area (Å²) in [5.41, 5.74) is 0.583. The van der Waals surface area contributed by atoms with Gasteiger partial charge in [-0.25, -0.2) is 9.59 Å². The van der Waals surface area contributed by atoms with E-state index in [9.17, 15) is 19.5 Å². The molecular formula is C20H19NO7S. The van der Waals surface area contributed by atoms with E-state index in [1.54, 1.807) is 30.3 Å². The zero-order chi connectivity index (χ0) is 21.4. The maximum absolute atomic E-state index is 12.2. The summed E-state index contributed by atoms with van der Waals surface area (Å²) < 4.78 is 4.80. The second-order valence-corrected chi connectivity index (χ2v) is 6.87. The van der Waals surface area contributed by atoms with Crippen LogP contribution in [0.4, 0.5) is 0 Å². The van der Waals surface area contributed by atoms with Gasteiger partial charge in [-0.1, -0.05) is 16.9 Å². The maximum Gasteiger partial charge on any atom is 0.338 e. The van der Waals surface area contributed by atoms with Crippen molar-refractivity contribution in [1.82, 2.24) is 0 Å². The molecule has 0 radical (unpaired) electrons. The van der Waals surface area contributed by atoms with E-state index < -0.39 is 11.9 Å². The van der Waals surface area contributed by atoms with Crippen LogP contribution in [0.5, 0.6) is 5.75 Å². The zero-order valence-electron chi connectivity index (χ0n) is 15.7. The Hall–Kier alpha value is -3.17. The SMILES string of the molecule is CC(=O)ON=C(C)C(=O)c1ccc(Sc2ccc(C(=O)OCCO)cc2O)cc1. The minimum absolute atomic E-state index is 0.0434. The average Bonchev–Trinajstić information content (AvgIpc) is 2.71. The summed E-state index contributed by atoms with van der Waals surface area (Å²) in [5, 5.41) is 22.3. The Bertz CT molecular complexity index is 938. The summed E-state index contributed by atoms with van der Waals surface area (Å²) in [4.78, 5) is 40.5. The molecule has 2 N–H and O–H groups in total. The Morgan fingerprint density at radius 3 is 2.28 bits per heavy atom. The molecule has 0 spiro atoms. The van der Waals surface area contributed by atoms with E-state index in [4.69, 9.17) is 9.84 Å². The number of phenolic OH excluding ortho intramolecular Hbond substituents is 1. The molecule has 0 heterocycles. The van der Waals surface area contributed by atoms with Crippen LogP contribution >= 0.6 is 11.8 Å². The van der Waals surface area contributed by atoms with Gasteiger partial charge in [0.15, 0.2) is 0 Å². The second-order valence-electron chi connectivity index (χ2n) is 5.76. The van der Waals surface area contributed by atoms with Crippen LogP contribution in [0.2, 0.25) is 0 Å². The number of carbonyl (C=O) groups excluding carboxylic acids is 3. The highest BCUT2D eigenvalue weighted by molar-refractivity contribution is 7.99. The summed E-state index contributed by atoms with van der Waals surface area (Å²) in [6.07, 6.45) is 0. The van der Waals surface area contributed by atoms with Crippen molar-refractivity contribution >= 4 is 35.2 Å². The molecular weight excluding hydrogens is 398 g/mol. The highest BCUT2D eigenvalue weighted by Gasteiger charge is 2.13. The average molecular weight is 417 g/mol. The third-order valence-electron chi connectivity index (χ3n) is 3.50. The topological polar surface area (TPSA) is 122 Å². The second kappa shape index (κ2) is 10.4. The van der Waals surface area contributed by atoms with Crippen molar-refractivity contribution in [2.75, 3.05) is 13.2 Å². The molecule has 0 aromatic heterocycles. The number of carbonyl (C=O) groups is 3. The molecule has 29 heavy (non-hydrogen) atoms. The summed E-state index contributed by atoms with van der Waals surface area (Å²) in [6.45, 7) is 2.23. The Morgan fingerprint density at radius 1 is 1.03 bits per heavy atom. The third kappa shape index (κ3) is 6.44. The first-order valence-electron chi connectivity index (χ1n) is 8.47. The van der Waals surface area contributed by atoms with Crippen LogP contribution in [0.15, 0.2) is 57.4 Å². The monoisotopic (exact) mass is 417 g/mol. The summed E-state index contributed by atoms with van der Waals surface area (Å²) in [5.74, 6) is -1.73. The van der Waals surface area contributed by atoms with Crippen LogP contribution in [0.3, 0.4) is 0 Å². The lowest BCUT2D eigenvalue weighted by Gasteiger charge is -2.08. The van der Waals surface area contributed by atoms with E-state index in [0.29, 0.717) is 10.5 Å². The lowest BCUT2D eigenvalue weighted by molar-refractivity contribution is -0.140. The molecule has 2 aromatic carbocycles. The number of aromatic hydroxyl groups is 1. The van der Waals surface area contributed by atoms with E-state index >= 15 is 0 Å². The highest BCUT2D eigenvalue weighted by Crippen LogP contribution is 2.35.